The van der Waals surface area contributed by atoms with Crippen LogP contribution in [0.2, 0.25) is 0 Å². The Morgan fingerprint density at radius 1 is 1.31 bits per heavy atom. The van der Waals surface area contributed by atoms with E-state index in [0.717, 1.165) is 24.8 Å². The van der Waals surface area contributed by atoms with Crippen molar-refractivity contribution in [1.82, 2.24) is 4.57 Å². The second kappa shape index (κ2) is 11.0. The third-order valence-corrected chi connectivity index (χ3v) is 8.11. The molecule has 0 radical (unpaired) electrons. The number of carbonyl (C=O) groups excluding carboxylic acids is 1. The van der Waals surface area contributed by atoms with Crippen molar-refractivity contribution < 1.29 is 24.9 Å². The maximum absolute atomic E-state index is 13.2. The molecule has 7 atom stereocenters. The fraction of sp³-hybridized carbons (Fsp3) is 0.714. The number of allylic oxidation sites excluding steroid dienone is 1. The molecular formula is C28H43NO6. The summed E-state index contributed by atoms with van der Waals surface area (Å²) in [4.78, 5) is 24.9. The van der Waals surface area contributed by atoms with Gasteiger partial charge in [-0.1, -0.05) is 40.2 Å². The van der Waals surface area contributed by atoms with Gasteiger partial charge < -0.3 is 24.6 Å². The standard InChI is InChI=1S/C28H43NO6/c1-7-16(2)12-17(3)13-19(5)26-18(4)8-9-22(35-26)24-25(32)21(15-29(6)27(24)33)28(34)11-10-20(30)14-23(28)31/h13,15-18,22-23,26,31-32,34H,7-12,14H2,1-6H3/b19-13+/t16?,17?,18-,22+,23+,26-,28+/m1/s1. The summed E-state index contributed by atoms with van der Waals surface area (Å²) in [5, 5.41) is 33.1. The molecule has 35 heavy (non-hydrogen) atoms. The number of aromatic nitrogens is 1. The molecule has 2 unspecified atom stereocenters. The zero-order valence-electron chi connectivity index (χ0n) is 22.1. The molecule has 2 aliphatic rings. The van der Waals surface area contributed by atoms with Crippen molar-refractivity contribution in [3.05, 3.63) is 39.3 Å². The molecule has 1 saturated heterocycles. The Hall–Kier alpha value is -1.96. The molecule has 3 N–H and O–H groups in total. The first-order valence-electron chi connectivity index (χ1n) is 13.1. The van der Waals surface area contributed by atoms with Gasteiger partial charge in [-0.15, -0.1) is 0 Å². The molecule has 1 aliphatic carbocycles. The van der Waals surface area contributed by atoms with E-state index in [1.165, 1.54) is 10.8 Å². The summed E-state index contributed by atoms with van der Waals surface area (Å²) in [5.74, 6) is 0.849. The van der Waals surface area contributed by atoms with Gasteiger partial charge in [0.2, 0.25) is 0 Å². The second-order valence-electron chi connectivity index (χ2n) is 11.1. The monoisotopic (exact) mass is 489 g/mol. The second-order valence-corrected chi connectivity index (χ2v) is 11.1. The van der Waals surface area contributed by atoms with Gasteiger partial charge >= 0.3 is 0 Å². The molecule has 0 amide bonds. The van der Waals surface area contributed by atoms with Crippen LogP contribution in [0.5, 0.6) is 5.75 Å². The molecule has 2 heterocycles. The van der Waals surface area contributed by atoms with Crippen LogP contribution in [0.25, 0.3) is 0 Å². The molecule has 0 aromatic carbocycles. The third kappa shape index (κ3) is 5.73. The van der Waals surface area contributed by atoms with E-state index in [4.69, 9.17) is 4.74 Å². The zero-order chi connectivity index (χ0) is 26.1. The number of aliphatic hydroxyl groups excluding tert-OH is 1. The minimum Gasteiger partial charge on any atom is -0.507 e. The maximum atomic E-state index is 13.2. The Balaban J connectivity index is 1.95. The SMILES string of the molecule is CCC(C)CC(C)/C=C(\C)[C@@H]1O[C@H](c2c(O)c([C@@]3(O)CCC(=O)C[C@@H]3O)cn(C)c2=O)CC[C@H]1C. The van der Waals surface area contributed by atoms with Gasteiger partial charge in [-0.05, 0) is 55.9 Å². The number of nitrogens with zero attached hydrogens (tertiary/aromatic N) is 1. The van der Waals surface area contributed by atoms with Crippen LogP contribution in [0.15, 0.2) is 22.6 Å². The highest BCUT2D eigenvalue weighted by Gasteiger charge is 2.46. The van der Waals surface area contributed by atoms with Crippen LogP contribution in [-0.2, 0) is 22.2 Å². The van der Waals surface area contributed by atoms with Crippen LogP contribution in [0.4, 0.5) is 0 Å². The number of hydrogen-bond acceptors (Lipinski definition) is 6. The summed E-state index contributed by atoms with van der Waals surface area (Å²) < 4.78 is 7.79. The van der Waals surface area contributed by atoms with Crippen molar-refractivity contribution >= 4 is 5.78 Å². The van der Waals surface area contributed by atoms with Gasteiger partial charge in [-0.25, -0.2) is 0 Å². The zero-order valence-corrected chi connectivity index (χ0v) is 22.1. The number of ether oxygens (including phenoxy) is 1. The molecule has 2 fully saturated rings. The van der Waals surface area contributed by atoms with Gasteiger partial charge in [0, 0.05) is 31.6 Å². The van der Waals surface area contributed by atoms with Crippen molar-refractivity contribution in [1.29, 1.82) is 0 Å². The smallest absolute Gasteiger partial charge is 0.259 e. The highest BCUT2D eigenvalue weighted by atomic mass is 16.5. The number of hydrogen-bond donors (Lipinski definition) is 3. The van der Waals surface area contributed by atoms with E-state index in [2.05, 4.69) is 40.7 Å². The quantitative estimate of drug-likeness (QED) is 0.494. The predicted octanol–water partition coefficient (Wildman–Crippen LogP) is 4.27. The average molecular weight is 490 g/mol. The van der Waals surface area contributed by atoms with Crippen LogP contribution < -0.4 is 5.56 Å². The fourth-order valence-corrected chi connectivity index (χ4v) is 5.78. The Bertz CT molecular complexity index is 1010. The van der Waals surface area contributed by atoms with Crippen molar-refractivity contribution in [2.24, 2.45) is 24.8 Å². The highest BCUT2D eigenvalue weighted by molar-refractivity contribution is 5.80. The lowest BCUT2D eigenvalue weighted by molar-refractivity contribution is -0.143. The van der Waals surface area contributed by atoms with Gasteiger partial charge in [0.1, 0.15) is 17.1 Å². The summed E-state index contributed by atoms with van der Waals surface area (Å²) in [5.41, 5.74) is -0.879. The summed E-state index contributed by atoms with van der Waals surface area (Å²) in [6.07, 6.45) is 5.01. The van der Waals surface area contributed by atoms with Crippen LogP contribution in [0, 0.1) is 17.8 Å². The number of carbonyl (C=O) groups is 1. The number of rotatable bonds is 7. The van der Waals surface area contributed by atoms with Crippen molar-refractivity contribution in [2.75, 3.05) is 0 Å². The molecule has 1 aliphatic heterocycles. The number of aliphatic hydroxyl groups is 2. The maximum Gasteiger partial charge on any atom is 0.259 e. The average Bonchev–Trinajstić information content (AvgIpc) is 2.79. The van der Waals surface area contributed by atoms with Gasteiger partial charge in [0.05, 0.1) is 23.9 Å². The molecule has 0 spiro atoms. The number of pyridine rings is 1. The highest BCUT2D eigenvalue weighted by Crippen LogP contribution is 2.45. The normalized spacial score (nSPS) is 31.9. The van der Waals surface area contributed by atoms with Crippen LogP contribution >= 0.6 is 0 Å². The molecule has 7 nitrogen and oxygen atoms in total. The van der Waals surface area contributed by atoms with Crippen LogP contribution in [0.1, 0.15) is 96.8 Å². The number of ketones is 1. The van der Waals surface area contributed by atoms with Crippen LogP contribution in [-0.4, -0.2) is 37.9 Å². The topological polar surface area (TPSA) is 109 Å². The Kier molecular flexibility index (Phi) is 8.66. The fourth-order valence-electron chi connectivity index (χ4n) is 5.78. The van der Waals surface area contributed by atoms with E-state index in [0.29, 0.717) is 18.3 Å². The summed E-state index contributed by atoms with van der Waals surface area (Å²) >= 11 is 0. The van der Waals surface area contributed by atoms with E-state index in [9.17, 15) is 24.9 Å². The van der Waals surface area contributed by atoms with Crippen molar-refractivity contribution in [3.63, 3.8) is 0 Å². The van der Waals surface area contributed by atoms with E-state index in [1.807, 2.05) is 0 Å². The van der Waals surface area contributed by atoms with E-state index in [1.54, 1.807) is 7.05 Å². The lowest BCUT2D eigenvalue weighted by Crippen LogP contribution is -2.46. The van der Waals surface area contributed by atoms with Gasteiger partial charge in [0.25, 0.3) is 5.56 Å². The Morgan fingerprint density at radius 2 is 2.00 bits per heavy atom. The molecule has 7 heteroatoms. The molecule has 3 rings (SSSR count). The molecule has 1 aromatic heterocycles. The first kappa shape index (κ1) is 27.6. The summed E-state index contributed by atoms with van der Waals surface area (Å²) in [7, 11) is 1.56. The molecule has 1 aromatic rings. The number of aryl methyl sites for hydroxylation is 1. The first-order chi connectivity index (χ1) is 16.4. The molecule has 196 valence electrons. The lowest BCUT2D eigenvalue weighted by atomic mass is 9.76. The first-order valence-corrected chi connectivity index (χ1v) is 13.1. The van der Waals surface area contributed by atoms with Crippen molar-refractivity contribution in [2.45, 2.75) is 103 Å². The predicted molar refractivity (Wildman–Crippen MR) is 135 cm³/mol. The number of aromatic hydroxyl groups is 1. The van der Waals surface area contributed by atoms with Gasteiger partial charge in [0.15, 0.2) is 0 Å². The minimum absolute atomic E-state index is 0.0146. The van der Waals surface area contributed by atoms with E-state index < -0.39 is 17.8 Å². The molecular weight excluding hydrogens is 446 g/mol. The molecule has 0 bridgehead atoms. The molecule has 1 saturated carbocycles. The Morgan fingerprint density at radius 3 is 2.63 bits per heavy atom. The minimum atomic E-state index is -1.80. The Labute approximate surface area is 208 Å². The van der Waals surface area contributed by atoms with Gasteiger partial charge in [-0.3, -0.25) is 9.59 Å². The van der Waals surface area contributed by atoms with Crippen LogP contribution in [0.3, 0.4) is 0 Å². The lowest BCUT2D eigenvalue weighted by Gasteiger charge is -2.39. The van der Waals surface area contributed by atoms with E-state index >= 15 is 0 Å². The van der Waals surface area contributed by atoms with Crippen molar-refractivity contribution in [3.8, 4) is 5.75 Å². The summed E-state index contributed by atoms with van der Waals surface area (Å²) in [6, 6.07) is 0. The van der Waals surface area contributed by atoms with E-state index in [-0.39, 0.29) is 59.5 Å². The third-order valence-electron chi connectivity index (χ3n) is 8.11. The number of Topliss-reactive ketones (excluding diaryl/α,β-unsaturated/α-hetero) is 1. The van der Waals surface area contributed by atoms with Gasteiger partial charge in [-0.2, -0.15) is 0 Å². The largest absolute Gasteiger partial charge is 0.507 e. The summed E-state index contributed by atoms with van der Waals surface area (Å²) in [6.45, 7) is 10.9.